The van der Waals surface area contributed by atoms with Crippen LogP contribution in [0.3, 0.4) is 0 Å². The maximum Gasteiger partial charge on any atom is 0.305 e. The summed E-state index contributed by atoms with van der Waals surface area (Å²) in [6.45, 7) is 0. The Kier molecular flexibility index (Phi) is 3.05. The van der Waals surface area contributed by atoms with Crippen molar-refractivity contribution in [2.45, 2.75) is 44.2 Å². The van der Waals surface area contributed by atoms with Gasteiger partial charge in [0, 0.05) is 18.3 Å². The first kappa shape index (κ1) is 12.3. The number of carbonyl (C=O) groups is 2. The van der Waals surface area contributed by atoms with Gasteiger partial charge in [-0.25, -0.2) is 0 Å². The van der Waals surface area contributed by atoms with E-state index in [-0.39, 0.29) is 18.4 Å². The fourth-order valence-corrected chi connectivity index (χ4v) is 2.52. The van der Waals surface area contributed by atoms with Gasteiger partial charge in [0.2, 0.25) is 0 Å². The van der Waals surface area contributed by atoms with Gasteiger partial charge in [-0.15, -0.1) is 0 Å². The van der Waals surface area contributed by atoms with Crippen molar-refractivity contribution in [2.75, 3.05) is 0 Å². The van der Waals surface area contributed by atoms with Gasteiger partial charge < -0.3 is 15.0 Å². The lowest BCUT2D eigenvalue weighted by Gasteiger charge is -2.17. The van der Waals surface area contributed by atoms with Crippen LogP contribution in [0.2, 0.25) is 0 Å². The minimum atomic E-state index is -0.852. The third-order valence-electron chi connectivity index (χ3n) is 3.85. The van der Waals surface area contributed by atoms with E-state index in [9.17, 15) is 9.59 Å². The molecule has 2 aliphatic carbocycles. The number of amides is 1. The molecule has 0 saturated heterocycles. The molecule has 5 nitrogen and oxygen atoms in total. The zero-order chi connectivity index (χ0) is 13.4. The number of aromatic nitrogens is 1. The molecule has 3 rings (SSSR count). The van der Waals surface area contributed by atoms with E-state index in [0.717, 1.165) is 25.7 Å². The minimum Gasteiger partial charge on any atom is -0.481 e. The van der Waals surface area contributed by atoms with Gasteiger partial charge in [0.05, 0.1) is 6.42 Å². The zero-order valence-corrected chi connectivity index (χ0v) is 10.7. The molecule has 1 aromatic heterocycles. The van der Waals surface area contributed by atoms with Crippen LogP contribution in [0.4, 0.5) is 0 Å². The van der Waals surface area contributed by atoms with E-state index >= 15 is 0 Å². The van der Waals surface area contributed by atoms with E-state index in [2.05, 4.69) is 5.32 Å². The molecule has 0 aromatic carbocycles. The average molecular weight is 262 g/mol. The Labute approximate surface area is 111 Å². The second-order valence-corrected chi connectivity index (χ2v) is 5.55. The first-order chi connectivity index (χ1) is 9.15. The summed E-state index contributed by atoms with van der Waals surface area (Å²) >= 11 is 0. The molecule has 1 atom stereocenters. The summed E-state index contributed by atoms with van der Waals surface area (Å²) in [6.07, 6.45) is 6.21. The van der Waals surface area contributed by atoms with Crippen molar-refractivity contribution in [3.8, 4) is 0 Å². The zero-order valence-electron chi connectivity index (χ0n) is 10.7. The lowest BCUT2D eigenvalue weighted by atomic mass is 10.1. The number of nitrogens with one attached hydrogen (secondary N) is 1. The van der Waals surface area contributed by atoms with Crippen LogP contribution in [0.25, 0.3) is 0 Å². The van der Waals surface area contributed by atoms with Crippen LogP contribution < -0.4 is 5.32 Å². The normalized spacial score (nSPS) is 20.0. The molecule has 2 N–H and O–H groups in total. The first-order valence-electron chi connectivity index (χ1n) is 6.84. The molecule has 0 spiro atoms. The van der Waals surface area contributed by atoms with Gasteiger partial charge in [0.1, 0.15) is 5.69 Å². The van der Waals surface area contributed by atoms with Gasteiger partial charge in [0.25, 0.3) is 5.91 Å². The number of hydrogen-bond acceptors (Lipinski definition) is 2. The van der Waals surface area contributed by atoms with Crippen molar-refractivity contribution in [3.05, 3.63) is 24.0 Å². The Hall–Kier alpha value is -1.78. The molecule has 1 unspecified atom stereocenters. The van der Waals surface area contributed by atoms with E-state index in [1.807, 2.05) is 16.8 Å². The second-order valence-electron chi connectivity index (χ2n) is 5.55. The lowest BCUT2D eigenvalue weighted by molar-refractivity contribution is -0.137. The van der Waals surface area contributed by atoms with Crippen LogP contribution >= 0.6 is 0 Å². The van der Waals surface area contributed by atoms with Crippen LogP contribution in [0.1, 0.15) is 48.6 Å². The molecule has 1 amide bonds. The van der Waals surface area contributed by atoms with E-state index < -0.39 is 5.97 Å². The summed E-state index contributed by atoms with van der Waals surface area (Å²) in [5, 5.41) is 11.8. The molecule has 2 saturated carbocycles. The Morgan fingerprint density at radius 2 is 2.11 bits per heavy atom. The van der Waals surface area contributed by atoms with Crippen LogP contribution in [-0.4, -0.2) is 27.6 Å². The summed E-state index contributed by atoms with van der Waals surface area (Å²) in [4.78, 5) is 23.1. The van der Waals surface area contributed by atoms with Crippen LogP contribution in [0.15, 0.2) is 18.3 Å². The summed E-state index contributed by atoms with van der Waals surface area (Å²) in [7, 11) is 0. The number of carboxylic acid groups (broad SMARTS) is 1. The van der Waals surface area contributed by atoms with E-state index in [4.69, 9.17) is 5.11 Å². The highest BCUT2D eigenvalue weighted by Gasteiger charge is 2.35. The van der Waals surface area contributed by atoms with Crippen LogP contribution in [0.5, 0.6) is 0 Å². The minimum absolute atomic E-state index is 0.0144. The van der Waals surface area contributed by atoms with Gasteiger partial charge in [-0.3, -0.25) is 9.59 Å². The predicted octanol–water partition coefficient (Wildman–Crippen LogP) is 1.81. The molecule has 5 heteroatoms. The maximum atomic E-state index is 12.3. The SMILES string of the molecule is O=C(O)CC(NC(=O)c1cccn1C1CC1)C1CC1. The third-order valence-corrected chi connectivity index (χ3v) is 3.85. The average Bonchev–Trinajstić information content (AvgIpc) is 3.26. The van der Waals surface area contributed by atoms with E-state index in [0.29, 0.717) is 17.7 Å². The third kappa shape index (κ3) is 2.80. The van der Waals surface area contributed by atoms with Crippen molar-refractivity contribution in [2.24, 2.45) is 5.92 Å². The van der Waals surface area contributed by atoms with Crippen LogP contribution in [-0.2, 0) is 4.79 Å². The quantitative estimate of drug-likeness (QED) is 0.821. The van der Waals surface area contributed by atoms with Gasteiger partial charge in [-0.05, 0) is 43.7 Å². The predicted molar refractivity (Wildman–Crippen MR) is 68.9 cm³/mol. The number of rotatable bonds is 6. The molecule has 19 heavy (non-hydrogen) atoms. The summed E-state index contributed by atoms with van der Waals surface area (Å²) in [5.74, 6) is -0.658. The molecular formula is C14H18N2O3. The summed E-state index contributed by atoms with van der Waals surface area (Å²) in [5.41, 5.74) is 0.651. The molecule has 1 heterocycles. The van der Waals surface area contributed by atoms with Crippen molar-refractivity contribution >= 4 is 11.9 Å². The Morgan fingerprint density at radius 1 is 1.37 bits per heavy atom. The molecule has 1 aromatic rings. The molecule has 2 fully saturated rings. The van der Waals surface area contributed by atoms with Crippen molar-refractivity contribution in [1.82, 2.24) is 9.88 Å². The van der Waals surface area contributed by atoms with E-state index in [1.165, 1.54) is 0 Å². The van der Waals surface area contributed by atoms with Gasteiger partial charge in [-0.2, -0.15) is 0 Å². The van der Waals surface area contributed by atoms with Crippen LogP contribution in [0, 0.1) is 5.92 Å². The number of aliphatic carboxylic acids is 1. The maximum absolute atomic E-state index is 12.3. The number of hydrogen-bond donors (Lipinski definition) is 2. The van der Waals surface area contributed by atoms with Crippen molar-refractivity contribution in [1.29, 1.82) is 0 Å². The van der Waals surface area contributed by atoms with Crippen molar-refractivity contribution in [3.63, 3.8) is 0 Å². The molecule has 0 bridgehead atoms. The molecule has 2 aliphatic rings. The topological polar surface area (TPSA) is 71.3 Å². The molecule has 0 radical (unpaired) electrons. The fourth-order valence-electron chi connectivity index (χ4n) is 2.52. The Bertz CT molecular complexity index is 501. The Balaban J connectivity index is 1.68. The molecule has 102 valence electrons. The van der Waals surface area contributed by atoms with Gasteiger partial charge in [0.15, 0.2) is 0 Å². The summed E-state index contributed by atoms with van der Waals surface area (Å²) < 4.78 is 2.00. The first-order valence-corrected chi connectivity index (χ1v) is 6.84. The van der Waals surface area contributed by atoms with Gasteiger partial charge in [-0.1, -0.05) is 0 Å². The van der Waals surface area contributed by atoms with Crippen molar-refractivity contribution < 1.29 is 14.7 Å². The second kappa shape index (κ2) is 4.72. The number of carbonyl (C=O) groups excluding carboxylic acids is 1. The summed E-state index contributed by atoms with van der Waals surface area (Å²) in [6, 6.07) is 3.90. The molecule has 0 aliphatic heterocycles. The molecular weight excluding hydrogens is 244 g/mol. The number of nitrogens with zero attached hydrogens (tertiary/aromatic N) is 1. The highest BCUT2D eigenvalue weighted by atomic mass is 16.4. The van der Waals surface area contributed by atoms with E-state index in [1.54, 1.807) is 6.07 Å². The highest BCUT2D eigenvalue weighted by molar-refractivity contribution is 5.93. The standard InChI is InChI=1S/C14H18N2O3/c17-13(18)8-11(9-3-4-9)15-14(19)12-2-1-7-16(12)10-5-6-10/h1-2,7,9-11H,3-6,8H2,(H,15,19)(H,17,18). The number of carboxylic acids is 1. The monoisotopic (exact) mass is 262 g/mol. The highest BCUT2D eigenvalue weighted by Crippen LogP contribution is 2.37. The fraction of sp³-hybridized carbons (Fsp3) is 0.571. The lowest BCUT2D eigenvalue weighted by Crippen LogP contribution is -2.38. The Morgan fingerprint density at radius 3 is 2.68 bits per heavy atom. The van der Waals surface area contributed by atoms with Gasteiger partial charge >= 0.3 is 5.97 Å². The largest absolute Gasteiger partial charge is 0.481 e. The smallest absolute Gasteiger partial charge is 0.305 e.